The van der Waals surface area contributed by atoms with E-state index in [9.17, 15) is 4.79 Å². The number of carbonyl (C=O) groups excluding carboxylic acids is 1. The molecule has 0 fully saturated rings. The Morgan fingerprint density at radius 3 is 2.93 bits per heavy atom. The minimum Gasteiger partial charge on any atom is -0.494 e. The second kappa shape index (κ2) is 6.62. The summed E-state index contributed by atoms with van der Waals surface area (Å²) in [5, 5.41) is 0.443. The Morgan fingerprint density at radius 2 is 2.27 bits per heavy atom. The van der Waals surface area contributed by atoms with E-state index in [-0.39, 0.29) is 5.78 Å². The fourth-order valence-corrected chi connectivity index (χ4v) is 1.59. The molecule has 0 aliphatic heterocycles. The summed E-state index contributed by atoms with van der Waals surface area (Å²) in [6.45, 7) is 2.63. The molecular weight excluding hydrogens is 256 g/mol. The van der Waals surface area contributed by atoms with Gasteiger partial charge in [-0.05, 0) is 31.0 Å². The van der Waals surface area contributed by atoms with Crippen LogP contribution in [0.3, 0.4) is 0 Å². The van der Waals surface area contributed by atoms with Gasteiger partial charge < -0.3 is 4.74 Å². The van der Waals surface area contributed by atoms with Gasteiger partial charge in [-0.15, -0.1) is 0 Å². The van der Waals surface area contributed by atoms with Gasteiger partial charge in [0.1, 0.15) is 11.5 Å². The smallest absolute Gasteiger partial charge is 0.143 e. The zero-order valence-electron chi connectivity index (χ0n) is 8.83. The molecule has 1 rings (SSSR count). The van der Waals surface area contributed by atoms with E-state index in [0.717, 1.165) is 17.7 Å². The molecule has 0 aromatic heterocycles. The number of hydrogen-bond donors (Lipinski definition) is 0. The van der Waals surface area contributed by atoms with Crippen molar-refractivity contribution >= 4 is 21.7 Å². The molecule has 0 aliphatic rings. The van der Waals surface area contributed by atoms with E-state index in [1.807, 2.05) is 31.2 Å². The Balaban J connectivity index is 2.53. The molecule has 3 heteroatoms. The van der Waals surface area contributed by atoms with Gasteiger partial charge in [-0.2, -0.15) is 0 Å². The van der Waals surface area contributed by atoms with E-state index in [1.165, 1.54) is 0 Å². The van der Waals surface area contributed by atoms with Crippen molar-refractivity contribution in [2.75, 3.05) is 11.9 Å². The van der Waals surface area contributed by atoms with Crippen LogP contribution in [0.15, 0.2) is 24.3 Å². The molecule has 1 aromatic carbocycles. The monoisotopic (exact) mass is 270 g/mol. The fourth-order valence-electron chi connectivity index (χ4n) is 1.31. The van der Waals surface area contributed by atoms with E-state index in [0.29, 0.717) is 18.4 Å². The van der Waals surface area contributed by atoms with Gasteiger partial charge in [0, 0.05) is 6.42 Å². The highest BCUT2D eigenvalue weighted by atomic mass is 79.9. The second-order valence-corrected chi connectivity index (χ2v) is 3.81. The standard InChI is InChI=1S/C12H15BrO2/c1-2-15-12-5-3-4-10(8-12)6-7-11(14)9-13/h3-5,8H,2,6-7,9H2,1H3. The molecule has 82 valence electrons. The van der Waals surface area contributed by atoms with Crippen LogP contribution in [0, 0.1) is 0 Å². The summed E-state index contributed by atoms with van der Waals surface area (Å²) in [7, 11) is 0. The van der Waals surface area contributed by atoms with E-state index in [1.54, 1.807) is 0 Å². The van der Waals surface area contributed by atoms with Gasteiger partial charge in [-0.3, -0.25) is 4.79 Å². The quantitative estimate of drug-likeness (QED) is 0.743. The number of ether oxygens (including phenoxy) is 1. The first-order valence-corrected chi connectivity index (χ1v) is 6.17. The minimum absolute atomic E-state index is 0.233. The minimum atomic E-state index is 0.233. The first kappa shape index (κ1) is 12.2. The first-order chi connectivity index (χ1) is 7.26. The fraction of sp³-hybridized carbons (Fsp3) is 0.417. The van der Waals surface area contributed by atoms with Gasteiger partial charge in [0.25, 0.3) is 0 Å². The molecule has 0 N–H and O–H groups in total. The number of aryl methyl sites for hydroxylation is 1. The Bertz CT molecular complexity index is 323. The number of halogens is 1. The maximum atomic E-state index is 11.1. The number of alkyl halides is 1. The molecule has 1 aromatic rings. The normalized spacial score (nSPS) is 10.0. The lowest BCUT2D eigenvalue weighted by Gasteiger charge is -2.05. The molecule has 15 heavy (non-hydrogen) atoms. The molecule has 2 nitrogen and oxygen atoms in total. The van der Waals surface area contributed by atoms with Crippen molar-refractivity contribution in [3.8, 4) is 5.75 Å². The molecule has 0 heterocycles. The molecule has 0 spiro atoms. The third-order valence-electron chi connectivity index (χ3n) is 2.05. The number of carbonyl (C=O) groups is 1. The molecule has 0 saturated heterocycles. The average molecular weight is 271 g/mol. The Hall–Kier alpha value is -0.830. The van der Waals surface area contributed by atoms with Crippen molar-refractivity contribution in [2.45, 2.75) is 19.8 Å². The average Bonchev–Trinajstić information content (AvgIpc) is 2.27. The van der Waals surface area contributed by atoms with Crippen LogP contribution in [0.2, 0.25) is 0 Å². The molecule has 0 unspecified atom stereocenters. The molecule has 0 bridgehead atoms. The van der Waals surface area contributed by atoms with Gasteiger partial charge >= 0.3 is 0 Å². The predicted octanol–water partition coefficient (Wildman–Crippen LogP) is 2.98. The van der Waals surface area contributed by atoms with Crippen LogP contribution < -0.4 is 4.74 Å². The van der Waals surface area contributed by atoms with Crippen LogP contribution in [0.1, 0.15) is 18.9 Å². The van der Waals surface area contributed by atoms with Crippen molar-refractivity contribution in [3.05, 3.63) is 29.8 Å². The Kier molecular flexibility index (Phi) is 5.40. The summed E-state index contributed by atoms with van der Waals surface area (Å²) in [5.74, 6) is 1.11. The second-order valence-electron chi connectivity index (χ2n) is 3.25. The summed E-state index contributed by atoms with van der Waals surface area (Å²) in [6, 6.07) is 7.90. The van der Waals surface area contributed by atoms with E-state index >= 15 is 0 Å². The lowest BCUT2D eigenvalue weighted by molar-refractivity contribution is -0.116. The van der Waals surface area contributed by atoms with Crippen molar-refractivity contribution in [1.82, 2.24) is 0 Å². The van der Waals surface area contributed by atoms with Gasteiger partial charge in [0.2, 0.25) is 0 Å². The highest BCUT2D eigenvalue weighted by molar-refractivity contribution is 9.09. The van der Waals surface area contributed by atoms with Gasteiger partial charge in [-0.25, -0.2) is 0 Å². The molecule has 0 aliphatic carbocycles. The van der Waals surface area contributed by atoms with Crippen molar-refractivity contribution in [1.29, 1.82) is 0 Å². The Labute approximate surface area is 98.8 Å². The van der Waals surface area contributed by atoms with Gasteiger partial charge in [0.15, 0.2) is 0 Å². The third-order valence-corrected chi connectivity index (χ3v) is 2.68. The molecule has 0 amide bonds. The maximum Gasteiger partial charge on any atom is 0.143 e. The number of rotatable bonds is 6. The lowest BCUT2D eigenvalue weighted by atomic mass is 10.1. The number of benzene rings is 1. The number of hydrogen-bond acceptors (Lipinski definition) is 2. The molecule has 0 atom stereocenters. The molecular formula is C12H15BrO2. The highest BCUT2D eigenvalue weighted by Gasteiger charge is 2.01. The predicted molar refractivity (Wildman–Crippen MR) is 64.7 cm³/mol. The SMILES string of the molecule is CCOc1cccc(CCC(=O)CBr)c1. The lowest BCUT2D eigenvalue weighted by Crippen LogP contribution is -2.01. The summed E-state index contributed by atoms with van der Waals surface area (Å²) < 4.78 is 5.39. The van der Waals surface area contributed by atoms with E-state index < -0.39 is 0 Å². The zero-order chi connectivity index (χ0) is 11.1. The van der Waals surface area contributed by atoms with Crippen molar-refractivity contribution in [3.63, 3.8) is 0 Å². The summed E-state index contributed by atoms with van der Waals surface area (Å²) in [4.78, 5) is 11.1. The first-order valence-electron chi connectivity index (χ1n) is 5.05. The summed E-state index contributed by atoms with van der Waals surface area (Å²) >= 11 is 3.15. The van der Waals surface area contributed by atoms with Crippen LogP contribution in [0.5, 0.6) is 5.75 Å². The summed E-state index contributed by atoms with van der Waals surface area (Å²) in [6.07, 6.45) is 1.37. The van der Waals surface area contributed by atoms with Crippen LogP contribution in [0.4, 0.5) is 0 Å². The maximum absolute atomic E-state index is 11.1. The number of ketones is 1. The topological polar surface area (TPSA) is 26.3 Å². The number of Topliss-reactive ketones (excluding diaryl/α,β-unsaturated/α-hetero) is 1. The van der Waals surface area contributed by atoms with Crippen molar-refractivity contribution in [2.24, 2.45) is 0 Å². The third kappa shape index (κ3) is 4.47. The van der Waals surface area contributed by atoms with Crippen molar-refractivity contribution < 1.29 is 9.53 Å². The summed E-state index contributed by atoms with van der Waals surface area (Å²) in [5.41, 5.74) is 1.15. The van der Waals surface area contributed by atoms with E-state index in [4.69, 9.17) is 4.74 Å². The van der Waals surface area contributed by atoms with Gasteiger partial charge in [0.05, 0.1) is 11.9 Å². The van der Waals surface area contributed by atoms with Crippen LogP contribution in [0.25, 0.3) is 0 Å². The molecule has 0 radical (unpaired) electrons. The van der Waals surface area contributed by atoms with Crippen LogP contribution in [-0.4, -0.2) is 17.7 Å². The van der Waals surface area contributed by atoms with Crippen LogP contribution >= 0.6 is 15.9 Å². The van der Waals surface area contributed by atoms with Crippen LogP contribution in [-0.2, 0) is 11.2 Å². The highest BCUT2D eigenvalue weighted by Crippen LogP contribution is 2.14. The Morgan fingerprint density at radius 1 is 1.47 bits per heavy atom. The van der Waals surface area contributed by atoms with Gasteiger partial charge in [-0.1, -0.05) is 28.1 Å². The molecule has 0 saturated carbocycles. The van der Waals surface area contributed by atoms with E-state index in [2.05, 4.69) is 15.9 Å². The zero-order valence-corrected chi connectivity index (χ0v) is 10.4. The largest absolute Gasteiger partial charge is 0.494 e.